The molecule has 0 fully saturated rings. The summed E-state index contributed by atoms with van der Waals surface area (Å²) in [6, 6.07) is 11.2. The molecule has 38 heavy (non-hydrogen) atoms. The molecule has 9 nitrogen and oxygen atoms in total. The third-order valence-corrected chi connectivity index (χ3v) is 7.09. The number of alkyl halides is 1. The third kappa shape index (κ3) is 4.97. The predicted molar refractivity (Wildman–Crippen MR) is 138 cm³/mol. The summed E-state index contributed by atoms with van der Waals surface area (Å²) in [5, 5.41) is 13.9. The highest BCUT2D eigenvalue weighted by Crippen LogP contribution is 2.33. The zero-order valence-electron chi connectivity index (χ0n) is 21.4. The minimum Gasteiger partial charge on any atom is -0.481 e. The Morgan fingerprint density at radius 1 is 1.16 bits per heavy atom. The second-order valence-electron chi connectivity index (χ2n) is 9.15. The summed E-state index contributed by atoms with van der Waals surface area (Å²) in [5.74, 6) is -4.19. The Balaban J connectivity index is 1.60. The first-order chi connectivity index (χ1) is 18.3. The number of nitrogens with one attached hydrogen (secondary N) is 1. The molecule has 4 rings (SSSR count). The SMILES string of the molecule is CCC(C(=O)NC(CC(=O)O)C(CF)(OC)OC)N1Cc2ccc(-c3cncc4ccccc34)cc2C1=O. The summed E-state index contributed by atoms with van der Waals surface area (Å²) in [6.07, 6.45) is 3.17. The number of methoxy groups -OCH3 is 2. The highest BCUT2D eigenvalue weighted by Gasteiger charge is 2.44. The summed E-state index contributed by atoms with van der Waals surface area (Å²) in [7, 11) is 2.34. The van der Waals surface area contributed by atoms with Crippen molar-refractivity contribution >= 4 is 28.6 Å². The van der Waals surface area contributed by atoms with E-state index in [0.717, 1.165) is 27.5 Å². The molecule has 3 aromatic rings. The van der Waals surface area contributed by atoms with E-state index in [2.05, 4.69) is 10.3 Å². The van der Waals surface area contributed by atoms with Crippen LogP contribution in [-0.2, 0) is 25.6 Å². The molecule has 1 aliphatic heterocycles. The first-order valence-corrected chi connectivity index (χ1v) is 12.2. The van der Waals surface area contributed by atoms with Gasteiger partial charge < -0.3 is 24.8 Å². The Morgan fingerprint density at radius 3 is 2.55 bits per heavy atom. The van der Waals surface area contributed by atoms with Gasteiger partial charge in [0.05, 0.1) is 12.5 Å². The molecule has 0 saturated heterocycles. The number of carboxylic acids is 1. The van der Waals surface area contributed by atoms with Crippen LogP contribution in [0.2, 0.25) is 0 Å². The van der Waals surface area contributed by atoms with Crippen LogP contribution in [0.15, 0.2) is 54.9 Å². The van der Waals surface area contributed by atoms with E-state index in [1.54, 1.807) is 19.3 Å². The zero-order valence-corrected chi connectivity index (χ0v) is 21.4. The maximum Gasteiger partial charge on any atom is 0.305 e. The van der Waals surface area contributed by atoms with Gasteiger partial charge in [-0.15, -0.1) is 0 Å². The van der Waals surface area contributed by atoms with Gasteiger partial charge in [-0.25, -0.2) is 4.39 Å². The highest BCUT2D eigenvalue weighted by atomic mass is 19.1. The number of hydrogen-bond acceptors (Lipinski definition) is 6. The number of fused-ring (bicyclic) bond motifs is 2. The molecule has 2 heterocycles. The number of nitrogens with zero attached hydrogens (tertiary/aromatic N) is 2. The lowest BCUT2D eigenvalue weighted by atomic mass is 9.98. The molecule has 1 aromatic heterocycles. The molecule has 1 aliphatic rings. The molecule has 0 spiro atoms. The molecular weight excluding hydrogens is 493 g/mol. The standard InChI is InChI=1S/C28H30FN3O6/c1-4-23(26(35)31-24(12-25(33)34)28(16-29,37-2)38-3)32-15-19-10-9-17(11-21(19)27(32)36)22-14-30-13-18-7-5-6-8-20(18)22/h5-11,13-14,23-24H,4,12,15-16H2,1-3H3,(H,31,35)(H,33,34). The van der Waals surface area contributed by atoms with Crippen LogP contribution in [-0.4, -0.2) is 71.5 Å². The van der Waals surface area contributed by atoms with Crippen molar-refractivity contribution in [1.29, 1.82) is 0 Å². The van der Waals surface area contributed by atoms with Crippen molar-refractivity contribution in [3.05, 3.63) is 66.0 Å². The summed E-state index contributed by atoms with van der Waals surface area (Å²) < 4.78 is 24.2. The number of halogens is 1. The topological polar surface area (TPSA) is 118 Å². The first kappa shape index (κ1) is 27.2. The predicted octanol–water partition coefficient (Wildman–Crippen LogP) is 3.55. The number of aliphatic carboxylic acids is 1. The van der Waals surface area contributed by atoms with E-state index in [0.29, 0.717) is 5.56 Å². The van der Waals surface area contributed by atoms with E-state index >= 15 is 0 Å². The van der Waals surface area contributed by atoms with Crippen LogP contribution in [0.5, 0.6) is 0 Å². The fourth-order valence-corrected chi connectivity index (χ4v) is 4.97. The van der Waals surface area contributed by atoms with Crippen LogP contribution in [0.4, 0.5) is 4.39 Å². The smallest absolute Gasteiger partial charge is 0.305 e. The van der Waals surface area contributed by atoms with Crippen molar-refractivity contribution in [3.63, 3.8) is 0 Å². The van der Waals surface area contributed by atoms with Crippen molar-refractivity contribution in [2.24, 2.45) is 0 Å². The third-order valence-electron chi connectivity index (χ3n) is 7.09. The Hall–Kier alpha value is -3.89. The summed E-state index contributed by atoms with van der Waals surface area (Å²) in [4.78, 5) is 44.1. The van der Waals surface area contributed by atoms with Gasteiger partial charge in [-0.3, -0.25) is 19.4 Å². The number of benzene rings is 2. The molecular formula is C28H30FN3O6. The number of aromatic nitrogens is 1. The van der Waals surface area contributed by atoms with E-state index < -0.39 is 42.8 Å². The van der Waals surface area contributed by atoms with E-state index in [1.165, 1.54) is 19.1 Å². The van der Waals surface area contributed by atoms with Crippen molar-refractivity contribution in [2.45, 2.75) is 44.2 Å². The lowest BCUT2D eigenvalue weighted by molar-refractivity contribution is -0.234. The molecule has 0 radical (unpaired) electrons. The molecule has 2 atom stereocenters. The molecule has 2 amide bonds. The van der Waals surface area contributed by atoms with E-state index in [1.807, 2.05) is 42.5 Å². The van der Waals surface area contributed by atoms with E-state index in [-0.39, 0.29) is 18.9 Å². The number of carboxylic acid groups (broad SMARTS) is 1. The van der Waals surface area contributed by atoms with Crippen LogP contribution >= 0.6 is 0 Å². The normalized spacial score (nSPS) is 14.8. The minimum absolute atomic E-state index is 0.209. The van der Waals surface area contributed by atoms with Crippen LogP contribution in [0.3, 0.4) is 0 Å². The fraction of sp³-hybridized carbons (Fsp3) is 0.357. The lowest BCUT2D eigenvalue weighted by Crippen LogP contribution is -2.60. The van der Waals surface area contributed by atoms with E-state index in [9.17, 15) is 23.9 Å². The number of carbonyl (C=O) groups is 3. The van der Waals surface area contributed by atoms with Gasteiger partial charge in [-0.2, -0.15) is 0 Å². The molecule has 200 valence electrons. The second-order valence-corrected chi connectivity index (χ2v) is 9.15. The summed E-state index contributed by atoms with van der Waals surface area (Å²) >= 11 is 0. The highest BCUT2D eigenvalue weighted by molar-refractivity contribution is 6.03. The molecule has 2 unspecified atom stereocenters. The quantitative estimate of drug-likeness (QED) is 0.369. The monoisotopic (exact) mass is 523 g/mol. The number of pyridine rings is 1. The maximum absolute atomic E-state index is 13.9. The van der Waals surface area contributed by atoms with Gasteiger partial charge in [0.1, 0.15) is 12.7 Å². The van der Waals surface area contributed by atoms with Crippen LogP contribution in [0, 0.1) is 0 Å². The number of rotatable bonds is 11. The van der Waals surface area contributed by atoms with Crippen molar-refractivity contribution in [3.8, 4) is 11.1 Å². The van der Waals surface area contributed by atoms with Gasteiger partial charge in [0.15, 0.2) is 0 Å². The fourth-order valence-electron chi connectivity index (χ4n) is 4.97. The van der Waals surface area contributed by atoms with Crippen molar-refractivity contribution in [2.75, 3.05) is 20.9 Å². The Bertz CT molecular complexity index is 1350. The van der Waals surface area contributed by atoms with Gasteiger partial charge in [0.2, 0.25) is 11.7 Å². The average molecular weight is 524 g/mol. The molecule has 0 saturated carbocycles. The van der Waals surface area contributed by atoms with Crippen LogP contribution < -0.4 is 5.32 Å². The van der Waals surface area contributed by atoms with Crippen molar-refractivity contribution in [1.82, 2.24) is 15.2 Å². The molecule has 10 heteroatoms. The molecule has 2 N–H and O–H groups in total. The molecule has 0 aliphatic carbocycles. The maximum atomic E-state index is 13.9. The number of hydrogen-bond donors (Lipinski definition) is 2. The number of ether oxygens (including phenoxy) is 2. The summed E-state index contributed by atoms with van der Waals surface area (Å²) in [6.45, 7) is 0.768. The Kier molecular flexibility index (Phi) is 8.03. The van der Waals surface area contributed by atoms with Gasteiger partial charge in [0.25, 0.3) is 5.91 Å². The van der Waals surface area contributed by atoms with Gasteiger partial charge in [-0.1, -0.05) is 43.3 Å². The zero-order chi connectivity index (χ0) is 27.4. The first-order valence-electron chi connectivity index (χ1n) is 12.2. The summed E-state index contributed by atoms with van der Waals surface area (Å²) in [5.41, 5.74) is 2.97. The Morgan fingerprint density at radius 2 is 1.89 bits per heavy atom. The van der Waals surface area contributed by atoms with Crippen molar-refractivity contribution < 1.29 is 33.4 Å². The van der Waals surface area contributed by atoms with Gasteiger partial charge in [-0.05, 0) is 29.0 Å². The van der Waals surface area contributed by atoms with Gasteiger partial charge in [0, 0.05) is 49.7 Å². The number of carbonyl (C=O) groups excluding carboxylic acids is 2. The largest absolute Gasteiger partial charge is 0.481 e. The van der Waals surface area contributed by atoms with Crippen LogP contribution in [0.25, 0.3) is 21.9 Å². The second kappa shape index (κ2) is 11.2. The molecule has 0 bridgehead atoms. The lowest BCUT2D eigenvalue weighted by Gasteiger charge is -2.37. The van der Waals surface area contributed by atoms with E-state index in [4.69, 9.17) is 9.47 Å². The van der Waals surface area contributed by atoms with Crippen LogP contribution in [0.1, 0.15) is 35.7 Å². The Labute approximate surface area is 219 Å². The number of amides is 2. The average Bonchev–Trinajstić information content (AvgIpc) is 3.25. The minimum atomic E-state index is -1.98. The molecule has 2 aromatic carbocycles. The van der Waals surface area contributed by atoms with Gasteiger partial charge >= 0.3 is 5.97 Å².